The van der Waals surface area contributed by atoms with Crippen molar-refractivity contribution in [3.05, 3.63) is 64.7 Å². The average molecular weight is 549 g/mol. The van der Waals surface area contributed by atoms with Crippen molar-refractivity contribution in [1.29, 1.82) is 0 Å². The van der Waals surface area contributed by atoms with Crippen LogP contribution in [0.25, 0.3) is 0 Å². The van der Waals surface area contributed by atoms with Crippen molar-refractivity contribution in [2.75, 3.05) is 14.1 Å². The van der Waals surface area contributed by atoms with Crippen molar-refractivity contribution >= 4 is 17.7 Å². The fourth-order valence-corrected chi connectivity index (χ4v) is 3.41. The van der Waals surface area contributed by atoms with Crippen LogP contribution in [-0.4, -0.2) is 48.0 Å². The van der Waals surface area contributed by atoms with Crippen molar-refractivity contribution < 1.29 is 50.7 Å². The molecule has 0 fully saturated rings. The molecule has 0 saturated carbocycles. The summed E-state index contributed by atoms with van der Waals surface area (Å²) in [6.07, 6.45) is -10.3. The van der Waals surface area contributed by atoms with E-state index in [2.05, 4.69) is 5.32 Å². The highest BCUT2D eigenvalue weighted by Crippen LogP contribution is 2.36. The first-order valence-corrected chi connectivity index (χ1v) is 11.0. The van der Waals surface area contributed by atoms with Crippen LogP contribution in [0.5, 0.6) is 5.75 Å². The van der Waals surface area contributed by atoms with Crippen LogP contribution in [0.3, 0.4) is 0 Å². The monoisotopic (exact) mass is 549 g/mol. The zero-order valence-electron chi connectivity index (χ0n) is 20.4. The molecule has 0 aliphatic rings. The van der Waals surface area contributed by atoms with E-state index in [4.69, 9.17) is 9.94 Å². The molecule has 8 nitrogen and oxygen atoms in total. The molecule has 2 rings (SSSR count). The molecule has 0 aliphatic carbocycles. The van der Waals surface area contributed by atoms with E-state index < -0.39 is 59.8 Å². The van der Waals surface area contributed by atoms with Crippen molar-refractivity contribution in [1.82, 2.24) is 15.7 Å². The van der Waals surface area contributed by atoms with Gasteiger partial charge < -0.3 is 15.0 Å². The highest BCUT2D eigenvalue weighted by Gasteiger charge is 2.37. The van der Waals surface area contributed by atoms with Crippen LogP contribution >= 0.6 is 0 Å². The fraction of sp³-hybridized carbons (Fsp3) is 0.375. The molecular formula is C24H25F6N3O5. The van der Waals surface area contributed by atoms with E-state index in [9.17, 15) is 40.7 Å². The molecular weight excluding hydrogens is 524 g/mol. The molecule has 3 amide bonds. The number of likely N-dealkylation sites (N-methyl/N-ethyl adjacent to an activating group) is 1. The molecule has 0 aromatic heterocycles. The van der Waals surface area contributed by atoms with Gasteiger partial charge in [0.2, 0.25) is 11.8 Å². The Morgan fingerprint density at radius 1 is 0.974 bits per heavy atom. The highest BCUT2D eigenvalue weighted by atomic mass is 19.4. The van der Waals surface area contributed by atoms with Gasteiger partial charge in [0.1, 0.15) is 18.4 Å². The van der Waals surface area contributed by atoms with Gasteiger partial charge in [-0.2, -0.15) is 26.3 Å². The lowest BCUT2D eigenvalue weighted by atomic mass is 9.93. The second-order valence-electron chi connectivity index (χ2n) is 8.30. The molecule has 0 bridgehead atoms. The van der Waals surface area contributed by atoms with E-state index in [1.165, 1.54) is 50.8 Å². The molecule has 2 atom stereocenters. The zero-order valence-corrected chi connectivity index (χ0v) is 20.4. The van der Waals surface area contributed by atoms with Crippen LogP contribution in [0, 0.1) is 0 Å². The normalized spacial score (nSPS) is 13.3. The van der Waals surface area contributed by atoms with Crippen LogP contribution in [0.15, 0.2) is 42.5 Å². The van der Waals surface area contributed by atoms with E-state index in [1.54, 1.807) is 0 Å². The second-order valence-corrected chi connectivity index (χ2v) is 8.30. The van der Waals surface area contributed by atoms with E-state index in [0.29, 0.717) is 17.7 Å². The number of carbonyl (C=O) groups is 3. The standard InChI is InChI=1S/C24H25F6N3O5/c1-13(21(35)32-37)33(3)22(36)19(11-20(34)31-2)15-4-6-18(7-5-15)38-12-14-8-16(23(25,26)27)10-17(9-14)24(28,29)30/h4-10,13,19,37H,11-12H2,1-3H3,(H,31,34)(H,32,35)/t13-,19?/m1/s1. The number of carbonyl (C=O) groups excluding carboxylic acids is 3. The SMILES string of the molecule is CNC(=O)CC(C(=O)N(C)[C@H](C)C(=O)NO)c1ccc(OCc2cc(C(F)(F)F)cc(C(F)(F)F)c2)cc1. The lowest BCUT2D eigenvalue weighted by Crippen LogP contribution is -2.47. The number of benzene rings is 2. The van der Waals surface area contributed by atoms with Gasteiger partial charge in [-0.1, -0.05) is 12.1 Å². The molecule has 0 aliphatic heterocycles. The number of nitrogens with one attached hydrogen (secondary N) is 2. The number of hydroxylamine groups is 1. The Morgan fingerprint density at radius 3 is 1.95 bits per heavy atom. The Kier molecular flexibility index (Phi) is 9.73. The Morgan fingerprint density at radius 2 is 1.50 bits per heavy atom. The van der Waals surface area contributed by atoms with Crippen molar-refractivity contribution in [2.45, 2.75) is 44.3 Å². The minimum atomic E-state index is -4.99. The zero-order chi connectivity index (χ0) is 28.8. The maximum atomic E-state index is 13.1. The van der Waals surface area contributed by atoms with Gasteiger partial charge in [0.05, 0.1) is 17.0 Å². The van der Waals surface area contributed by atoms with Gasteiger partial charge in [0.25, 0.3) is 5.91 Å². The molecule has 38 heavy (non-hydrogen) atoms. The number of hydrogen-bond acceptors (Lipinski definition) is 5. The van der Waals surface area contributed by atoms with E-state index in [0.717, 1.165) is 4.90 Å². The summed E-state index contributed by atoms with van der Waals surface area (Å²) in [4.78, 5) is 37.8. The Balaban J connectivity index is 2.27. The summed E-state index contributed by atoms with van der Waals surface area (Å²) in [5.74, 6) is -2.94. The minimum absolute atomic E-state index is 0.0178. The summed E-state index contributed by atoms with van der Waals surface area (Å²) < 4.78 is 83.8. The van der Waals surface area contributed by atoms with Gasteiger partial charge >= 0.3 is 12.4 Å². The molecule has 14 heteroatoms. The predicted molar refractivity (Wildman–Crippen MR) is 121 cm³/mol. The molecule has 0 radical (unpaired) electrons. The molecule has 2 aromatic rings. The number of ether oxygens (including phenoxy) is 1. The van der Waals surface area contributed by atoms with Crippen LogP contribution in [0.2, 0.25) is 0 Å². The Hall–Kier alpha value is -3.81. The maximum Gasteiger partial charge on any atom is 0.416 e. The Labute approximate surface area is 213 Å². The highest BCUT2D eigenvalue weighted by molar-refractivity contribution is 5.93. The van der Waals surface area contributed by atoms with E-state index in [-0.39, 0.29) is 23.8 Å². The first-order valence-electron chi connectivity index (χ1n) is 11.0. The van der Waals surface area contributed by atoms with E-state index >= 15 is 0 Å². The summed E-state index contributed by atoms with van der Waals surface area (Å²) in [6, 6.07) is 5.53. The second kappa shape index (κ2) is 12.2. The first kappa shape index (κ1) is 30.4. The molecule has 2 aromatic carbocycles. The minimum Gasteiger partial charge on any atom is -0.489 e. The largest absolute Gasteiger partial charge is 0.489 e. The summed E-state index contributed by atoms with van der Waals surface area (Å²) >= 11 is 0. The van der Waals surface area contributed by atoms with Crippen LogP contribution in [0.1, 0.15) is 41.5 Å². The van der Waals surface area contributed by atoms with Crippen molar-refractivity contribution in [2.24, 2.45) is 0 Å². The number of alkyl halides is 6. The Bertz CT molecular complexity index is 1120. The van der Waals surface area contributed by atoms with Crippen LogP contribution < -0.4 is 15.5 Å². The third-order valence-corrected chi connectivity index (χ3v) is 5.72. The maximum absolute atomic E-state index is 13.1. The fourth-order valence-electron chi connectivity index (χ4n) is 3.41. The number of halogens is 6. The van der Waals surface area contributed by atoms with Gasteiger partial charge in [-0.25, -0.2) is 5.48 Å². The average Bonchev–Trinajstić information content (AvgIpc) is 2.87. The molecule has 0 saturated heterocycles. The van der Waals surface area contributed by atoms with Crippen molar-refractivity contribution in [3.8, 4) is 5.75 Å². The van der Waals surface area contributed by atoms with Crippen molar-refractivity contribution in [3.63, 3.8) is 0 Å². The topological polar surface area (TPSA) is 108 Å². The number of hydrogen-bond donors (Lipinski definition) is 3. The van der Waals surface area contributed by atoms with Gasteiger partial charge in [0, 0.05) is 20.5 Å². The summed E-state index contributed by atoms with van der Waals surface area (Å²) in [7, 11) is 2.67. The van der Waals surface area contributed by atoms with Gasteiger partial charge in [-0.05, 0) is 48.4 Å². The van der Waals surface area contributed by atoms with Crippen LogP contribution in [-0.2, 0) is 33.3 Å². The smallest absolute Gasteiger partial charge is 0.416 e. The summed E-state index contributed by atoms with van der Waals surface area (Å²) in [5.41, 5.74) is -1.53. The molecule has 208 valence electrons. The predicted octanol–water partition coefficient (Wildman–Crippen LogP) is 3.88. The third-order valence-electron chi connectivity index (χ3n) is 5.72. The molecule has 0 spiro atoms. The quantitative estimate of drug-likeness (QED) is 0.250. The molecule has 3 N–H and O–H groups in total. The third kappa shape index (κ3) is 7.84. The van der Waals surface area contributed by atoms with E-state index in [1.807, 2.05) is 0 Å². The molecule has 0 heterocycles. The molecule has 1 unspecified atom stereocenters. The van der Waals surface area contributed by atoms with Gasteiger partial charge in [-0.3, -0.25) is 19.6 Å². The van der Waals surface area contributed by atoms with Gasteiger partial charge in [0.15, 0.2) is 0 Å². The summed E-state index contributed by atoms with van der Waals surface area (Å²) in [6.45, 7) is 0.749. The number of amides is 3. The summed E-state index contributed by atoms with van der Waals surface area (Å²) in [5, 5.41) is 11.2. The number of rotatable bonds is 9. The lowest BCUT2D eigenvalue weighted by molar-refractivity contribution is -0.143. The first-order chi connectivity index (χ1) is 17.6. The van der Waals surface area contributed by atoms with Gasteiger partial charge in [-0.15, -0.1) is 0 Å². The number of nitrogens with zero attached hydrogens (tertiary/aromatic N) is 1. The lowest BCUT2D eigenvalue weighted by Gasteiger charge is -2.27. The van der Waals surface area contributed by atoms with Crippen LogP contribution in [0.4, 0.5) is 26.3 Å².